The maximum atomic E-state index is 11.2. The highest BCUT2D eigenvalue weighted by atomic mass is 16.5. The van der Waals surface area contributed by atoms with E-state index in [0.29, 0.717) is 0 Å². The molecule has 0 saturated carbocycles. The summed E-state index contributed by atoms with van der Waals surface area (Å²) >= 11 is 0. The first-order valence-corrected chi connectivity index (χ1v) is 4.94. The summed E-state index contributed by atoms with van der Waals surface area (Å²) in [6.45, 7) is 1.29. The lowest BCUT2D eigenvalue weighted by atomic mass is 9.98. The van der Waals surface area contributed by atoms with E-state index in [4.69, 9.17) is 18.1 Å². The molecule has 0 fully saturated rings. The van der Waals surface area contributed by atoms with E-state index in [1.54, 1.807) is 0 Å². The third kappa shape index (κ3) is 2.23. The molecule has 0 aliphatic heterocycles. The number of aliphatic carboxylic acids is 1. The second kappa shape index (κ2) is 4.45. The molecule has 3 heteroatoms. The smallest absolute Gasteiger partial charge is 0.310 e. The SMILES string of the molecule is [2H]c1c(C(C)C(=O)O)c([2H])c2c([2H])c([2H])c(OC)c([2H])c2c1[2H]. The standard InChI is InChI=1S/C14H14O3/c1-9(14(15)16)10-3-4-12-8-13(17-2)6-5-11(12)7-10/h3-9H,1-2H3,(H,15,16)/i3D,4D,5D,6D,7D,8D. The van der Waals surface area contributed by atoms with Crippen LogP contribution in [-0.4, -0.2) is 18.2 Å². The molecular weight excluding hydrogens is 216 g/mol. The van der Waals surface area contributed by atoms with Gasteiger partial charge in [0.25, 0.3) is 0 Å². The zero-order chi connectivity index (χ0) is 17.6. The predicted molar refractivity (Wildman–Crippen MR) is 66.6 cm³/mol. The zero-order valence-electron chi connectivity index (χ0n) is 15.3. The number of methoxy groups -OCH3 is 1. The first-order valence-electron chi connectivity index (χ1n) is 7.94. The van der Waals surface area contributed by atoms with Gasteiger partial charge in [-0.3, -0.25) is 4.79 Å². The van der Waals surface area contributed by atoms with Crippen LogP contribution in [0.5, 0.6) is 5.75 Å². The Morgan fingerprint density at radius 2 is 1.94 bits per heavy atom. The fourth-order valence-corrected chi connectivity index (χ4v) is 1.31. The molecule has 0 saturated heterocycles. The number of carbonyl (C=O) groups is 1. The monoisotopic (exact) mass is 236 g/mol. The van der Waals surface area contributed by atoms with Crippen molar-refractivity contribution in [3.8, 4) is 5.75 Å². The molecular formula is C14H14O3. The van der Waals surface area contributed by atoms with Gasteiger partial charge in [0.05, 0.1) is 21.3 Å². The lowest BCUT2D eigenvalue weighted by Gasteiger charge is -2.08. The molecule has 0 aromatic heterocycles. The molecule has 2 rings (SSSR count). The average molecular weight is 236 g/mol. The second-order valence-electron chi connectivity index (χ2n) is 3.51. The quantitative estimate of drug-likeness (QED) is 0.891. The Bertz CT molecular complexity index is 834. The molecule has 2 aromatic carbocycles. The van der Waals surface area contributed by atoms with Gasteiger partial charge in [0, 0.05) is 0 Å². The maximum absolute atomic E-state index is 11.2. The van der Waals surface area contributed by atoms with E-state index in [2.05, 4.69) is 0 Å². The van der Waals surface area contributed by atoms with Crippen LogP contribution in [0.15, 0.2) is 36.3 Å². The summed E-state index contributed by atoms with van der Waals surface area (Å²) in [5, 5.41) is 8.81. The van der Waals surface area contributed by atoms with Crippen molar-refractivity contribution < 1.29 is 22.9 Å². The zero-order valence-corrected chi connectivity index (χ0v) is 9.34. The first kappa shape index (κ1) is 6.05. The molecule has 0 heterocycles. The molecule has 0 aliphatic carbocycles. The lowest BCUT2D eigenvalue weighted by molar-refractivity contribution is -0.138. The van der Waals surface area contributed by atoms with Crippen molar-refractivity contribution in [3.05, 3.63) is 41.8 Å². The molecule has 0 amide bonds. The Morgan fingerprint density at radius 3 is 2.59 bits per heavy atom. The van der Waals surface area contributed by atoms with Crippen LogP contribution in [0.3, 0.4) is 0 Å². The summed E-state index contributed by atoms with van der Waals surface area (Å²) in [6.07, 6.45) is 0. The fraction of sp³-hybridized carbons (Fsp3) is 0.214. The second-order valence-corrected chi connectivity index (χ2v) is 3.51. The Balaban J connectivity index is 3.10. The van der Waals surface area contributed by atoms with Crippen molar-refractivity contribution in [1.82, 2.24) is 0 Å². The highest BCUT2D eigenvalue weighted by Gasteiger charge is 2.13. The van der Waals surface area contributed by atoms with Gasteiger partial charge in [-0.15, -0.1) is 0 Å². The molecule has 0 spiro atoms. The van der Waals surface area contributed by atoms with Crippen LogP contribution in [0.25, 0.3) is 10.8 Å². The normalized spacial score (nSPS) is 17.3. The van der Waals surface area contributed by atoms with Gasteiger partial charge in [-0.2, -0.15) is 0 Å². The molecule has 1 atom stereocenters. The summed E-state index contributed by atoms with van der Waals surface area (Å²) < 4.78 is 53.1. The summed E-state index contributed by atoms with van der Waals surface area (Å²) in [4.78, 5) is 11.2. The molecule has 88 valence electrons. The molecule has 0 aliphatic rings. The number of carboxylic acid groups (broad SMARTS) is 1. The van der Waals surface area contributed by atoms with E-state index in [0.717, 1.165) is 0 Å². The van der Waals surface area contributed by atoms with E-state index >= 15 is 0 Å². The Morgan fingerprint density at radius 1 is 1.29 bits per heavy atom. The summed E-state index contributed by atoms with van der Waals surface area (Å²) in [5.74, 6) is -2.69. The molecule has 0 radical (unpaired) electrons. The van der Waals surface area contributed by atoms with E-state index in [1.165, 1.54) is 14.0 Å². The highest BCUT2D eigenvalue weighted by Crippen LogP contribution is 2.25. The average Bonchev–Trinajstić information content (AvgIpc) is 2.49. The van der Waals surface area contributed by atoms with Crippen molar-refractivity contribution in [1.29, 1.82) is 0 Å². The largest absolute Gasteiger partial charge is 0.497 e. The minimum absolute atomic E-state index is 0.154. The van der Waals surface area contributed by atoms with Gasteiger partial charge in [-0.1, -0.05) is 24.2 Å². The van der Waals surface area contributed by atoms with Crippen LogP contribution in [0.4, 0.5) is 0 Å². The highest BCUT2D eigenvalue weighted by molar-refractivity contribution is 5.86. The molecule has 1 N–H and O–H groups in total. The Kier molecular flexibility index (Phi) is 1.59. The van der Waals surface area contributed by atoms with E-state index in [1.807, 2.05) is 0 Å². The summed E-state index contributed by atoms with van der Waals surface area (Å²) in [7, 11) is 1.23. The number of hydrogen-bond donors (Lipinski definition) is 1. The lowest BCUT2D eigenvalue weighted by Crippen LogP contribution is -2.06. The van der Waals surface area contributed by atoms with Crippen LogP contribution >= 0.6 is 0 Å². The van der Waals surface area contributed by atoms with Crippen LogP contribution in [0, 0.1) is 0 Å². The third-order valence-electron chi connectivity index (χ3n) is 2.38. The molecule has 0 bridgehead atoms. The van der Waals surface area contributed by atoms with Crippen LogP contribution in [0.2, 0.25) is 0 Å². The van der Waals surface area contributed by atoms with Crippen LogP contribution in [0.1, 0.15) is 26.6 Å². The maximum Gasteiger partial charge on any atom is 0.310 e. The molecule has 17 heavy (non-hydrogen) atoms. The predicted octanol–water partition coefficient (Wildman–Crippen LogP) is 3.04. The number of benzene rings is 2. The van der Waals surface area contributed by atoms with Gasteiger partial charge in [0.15, 0.2) is 0 Å². The number of ether oxygens (including phenoxy) is 1. The van der Waals surface area contributed by atoms with Crippen molar-refractivity contribution in [2.24, 2.45) is 0 Å². The van der Waals surface area contributed by atoms with Gasteiger partial charge in [-0.05, 0) is 35.3 Å². The fourth-order valence-electron chi connectivity index (χ4n) is 1.31. The number of hydrogen-bond acceptors (Lipinski definition) is 2. The summed E-state index contributed by atoms with van der Waals surface area (Å²) in [5.41, 5.74) is -0.201. The van der Waals surface area contributed by atoms with Crippen molar-refractivity contribution in [3.63, 3.8) is 0 Å². The minimum Gasteiger partial charge on any atom is -0.497 e. The first-order chi connectivity index (χ1) is 10.6. The Labute approximate surface area is 108 Å². The third-order valence-corrected chi connectivity index (χ3v) is 2.38. The van der Waals surface area contributed by atoms with E-state index < -0.39 is 42.1 Å². The van der Waals surface area contributed by atoms with Crippen molar-refractivity contribution in [2.45, 2.75) is 12.8 Å². The van der Waals surface area contributed by atoms with E-state index in [9.17, 15) is 4.79 Å². The van der Waals surface area contributed by atoms with Crippen molar-refractivity contribution >= 4 is 16.7 Å². The molecule has 3 nitrogen and oxygen atoms in total. The van der Waals surface area contributed by atoms with Gasteiger partial charge >= 0.3 is 5.97 Å². The number of rotatable bonds is 3. The summed E-state index contributed by atoms with van der Waals surface area (Å²) in [6, 6.07) is -2.52. The number of carboxylic acids is 1. The van der Waals surface area contributed by atoms with Gasteiger partial charge in [0.1, 0.15) is 5.75 Å². The minimum atomic E-state index is -1.26. The Hall–Kier alpha value is -2.03. The number of fused-ring (bicyclic) bond motifs is 1. The van der Waals surface area contributed by atoms with Gasteiger partial charge in [-0.25, -0.2) is 0 Å². The topological polar surface area (TPSA) is 46.5 Å². The van der Waals surface area contributed by atoms with E-state index in [-0.39, 0.29) is 28.1 Å². The van der Waals surface area contributed by atoms with Gasteiger partial charge < -0.3 is 9.84 Å². The van der Waals surface area contributed by atoms with Crippen LogP contribution in [-0.2, 0) is 4.79 Å². The van der Waals surface area contributed by atoms with Crippen LogP contribution < -0.4 is 4.74 Å². The van der Waals surface area contributed by atoms with Crippen molar-refractivity contribution in [2.75, 3.05) is 7.11 Å². The van der Waals surface area contributed by atoms with Gasteiger partial charge in [0.2, 0.25) is 0 Å². The molecule has 2 aromatic rings. The molecule has 1 unspecified atom stereocenters.